The van der Waals surface area contributed by atoms with Crippen LogP contribution in [0.5, 0.6) is 0 Å². The van der Waals surface area contributed by atoms with Crippen molar-refractivity contribution in [2.45, 2.75) is 60.3 Å². The van der Waals surface area contributed by atoms with Crippen LogP contribution >= 0.6 is 0 Å². The highest BCUT2D eigenvalue weighted by Gasteiger charge is 2.39. The van der Waals surface area contributed by atoms with E-state index < -0.39 is 17.4 Å². The Bertz CT molecular complexity index is 282. The molecule has 0 saturated carbocycles. The second-order valence-electron chi connectivity index (χ2n) is 5.79. The smallest absolute Gasteiger partial charge is 0.322 e. The summed E-state index contributed by atoms with van der Waals surface area (Å²) in [6.45, 7) is 10.1. The van der Waals surface area contributed by atoms with Crippen LogP contribution in [0.25, 0.3) is 0 Å². The van der Waals surface area contributed by atoms with Gasteiger partial charge in [0.1, 0.15) is 0 Å². The van der Waals surface area contributed by atoms with E-state index in [1.54, 1.807) is 13.8 Å². The zero-order valence-electron chi connectivity index (χ0n) is 13.0. The molecule has 0 bridgehead atoms. The minimum Gasteiger partial charge on any atom is -0.465 e. The molecule has 0 N–H and O–H groups in total. The molecule has 0 aromatic rings. The van der Waals surface area contributed by atoms with Gasteiger partial charge >= 0.3 is 11.9 Å². The van der Waals surface area contributed by atoms with Gasteiger partial charge in [-0.1, -0.05) is 27.2 Å². The number of esters is 2. The number of unbranched alkanes of at least 4 members (excludes halogenated alkanes) is 1. The Kier molecular flexibility index (Phi) is 8.44. The fourth-order valence-electron chi connectivity index (χ4n) is 1.41. The highest BCUT2D eigenvalue weighted by atomic mass is 16.6. The molecule has 0 aromatic heterocycles. The Morgan fingerprint density at radius 2 is 1.47 bits per heavy atom. The van der Waals surface area contributed by atoms with Gasteiger partial charge < -0.3 is 9.47 Å². The molecule has 0 heterocycles. The molecule has 0 unspecified atom stereocenters. The minimum atomic E-state index is -1.22. The van der Waals surface area contributed by atoms with Gasteiger partial charge in [0.05, 0.1) is 13.2 Å². The first-order chi connectivity index (χ1) is 8.82. The third-order valence-electron chi connectivity index (χ3n) is 2.91. The molecule has 19 heavy (non-hydrogen) atoms. The molecule has 112 valence electrons. The molecule has 0 aromatic carbocycles. The molecular weight excluding hydrogens is 244 g/mol. The number of carbonyl (C=O) groups excluding carboxylic acids is 2. The summed E-state index contributed by atoms with van der Waals surface area (Å²) in [6, 6.07) is 0. The second-order valence-corrected chi connectivity index (χ2v) is 5.79. The van der Waals surface area contributed by atoms with Gasteiger partial charge in [-0.3, -0.25) is 9.59 Å². The lowest BCUT2D eigenvalue weighted by Gasteiger charge is -2.20. The SMILES string of the molecule is CCCCOC(=O)C(C)(C)C(=O)OCCCC(C)C. The Hall–Kier alpha value is -1.06. The van der Waals surface area contributed by atoms with Crippen LogP contribution in [0.15, 0.2) is 0 Å². The fourth-order valence-corrected chi connectivity index (χ4v) is 1.41. The third-order valence-corrected chi connectivity index (χ3v) is 2.91. The monoisotopic (exact) mass is 272 g/mol. The summed E-state index contributed by atoms with van der Waals surface area (Å²) >= 11 is 0. The van der Waals surface area contributed by atoms with Crippen LogP contribution in [0, 0.1) is 11.3 Å². The van der Waals surface area contributed by atoms with E-state index in [1.165, 1.54) is 0 Å². The minimum absolute atomic E-state index is 0.361. The molecule has 0 atom stereocenters. The van der Waals surface area contributed by atoms with E-state index in [2.05, 4.69) is 13.8 Å². The van der Waals surface area contributed by atoms with Crippen molar-refractivity contribution in [3.63, 3.8) is 0 Å². The molecule has 4 heteroatoms. The summed E-state index contributed by atoms with van der Waals surface area (Å²) in [5, 5.41) is 0. The lowest BCUT2D eigenvalue weighted by Crippen LogP contribution is -2.37. The number of hydrogen-bond donors (Lipinski definition) is 0. The van der Waals surface area contributed by atoms with E-state index in [-0.39, 0.29) is 0 Å². The lowest BCUT2D eigenvalue weighted by molar-refractivity contribution is -0.170. The topological polar surface area (TPSA) is 52.6 Å². The van der Waals surface area contributed by atoms with Crippen LogP contribution in [0.3, 0.4) is 0 Å². The van der Waals surface area contributed by atoms with Crippen LogP contribution in [0.2, 0.25) is 0 Å². The molecule has 0 aliphatic rings. The zero-order valence-corrected chi connectivity index (χ0v) is 13.0. The van der Waals surface area contributed by atoms with Crippen LogP contribution in [-0.4, -0.2) is 25.2 Å². The summed E-state index contributed by atoms with van der Waals surface area (Å²) in [4.78, 5) is 23.7. The summed E-state index contributed by atoms with van der Waals surface area (Å²) in [6.07, 6.45) is 3.59. The van der Waals surface area contributed by atoms with Crippen LogP contribution in [-0.2, 0) is 19.1 Å². The van der Waals surface area contributed by atoms with Crippen molar-refractivity contribution in [3.8, 4) is 0 Å². The second kappa shape index (κ2) is 8.94. The molecule has 0 radical (unpaired) electrons. The standard InChI is InChI=1S/C15H28O4/c1-6-7-10-18-13(16)15(4,5)14(17)19-11-8-9-12(2)3/h12H,6-11H2,1-5H3. The highest BCUT2D eigenvalue weighted by Crippen LogP contribution is 2.20. The van der Waals surface area contributed by atoms with E-state index in [0.29, 0.717) is 19.1 Å². The van der Waals surface area contributed by atoms with Crippen LogP contribution < -0.4 is 0 Å². The van der Waals surface area contributed by atoms with Gasteiger partial charge in [-0.2, -0.15) is 0 Å². The first-order valence-electron chi connectivity index (χ1n) is 7.16. The Morgan fingerprint density at radius 1 is 1.00 bits per heavy atom. The van der Waals surface area contributed by atoms with Crippen molar-refractivity contribution in [3.05, 3.63) is 0 Å². The molecule has 0 aliphatic carbocycles. The van der Waals surface area contributed by atoms with Gasteiger partial charge in [-0.15, -0.1) is 0 Å². The van der Waals surface area contributed by atoms with E-state index in [4.69, 9.17) is 9.47 Å². The summed E-state index contributed by atoms with van der Waals surface area (Å²) in [5.41, 5.74) is -1.22. The van der Waals surface area contributed by atoms with E-state index >= 15 is 0 Å². The number of hydrogen-bond acceptors (Lipinski definition) is 4. The molecule has 4 nitrogen and oxygen atoms in total. The average molecular weight is 272 g/mol. The van der Waals surface area contributed by atoms with Crippen molar-refractivity contribution in [2.24, 2.45) is 11.3 Å². The van der Waals surface area contributed by atoms with Gasteiger partial charge in [0.2, 0.25) is 0 Å². The predicted octanol–water partition coefficient (Wildman–Crippen LogP) is 3.34. The van der Waals surface area contributed by atoms with Gasteiger partial charge in [0.25, 0.3) is 0 Å². The Labute approximate surface area is 116 Å². The predicted molar refractivity (Wildman–Crippen MR) is 74.7 cm³/mol. The number of rotatable bonds is 9. The maximum Gasteiger partial charge on any atom is 0.322 e. The number of carbonyl (C=O) groups is 2. The van der Waals surface area contributed by atoms with Gasteiger partial charge in [0.15, 0.2) is 5.41 Å². The Balaban J connectivity index is 4.08. The van der Waals surface area contributed by atoms with Crippen molar-refractivity contribution in [1.82, 2.24) is 0 Å². The average Bonchev–Trinajstić information content (AvgIpc) is 2.34. The highest BCUT2D eigenvalue weighted by molar-refractivity contribution is 5.99. The molecular formula is C15H28O4. The van der Waals surface area contributed by atoms with E-state index in [0.717, 1.165) is 25.7 Å². The van der Waals surface area contributed by atoms with E-state index in [9.17, 15) is 9.59 Å². The quantitative estimate of drug-likeness (QED) is 0.367. The van der Waals surface area contributed by atoms with E-state index in [1.807, 2.05) is 6.92 Å². The van der Waals surface area contributed by atoms with Crippen molar-refractivity contribution in [1.29, 1.82) is 0 Å². The summed E-state index contributed by atoms with van der Waals surface area (Å²) in [5.74, 6) is -0.418. The normalized spacial score (nSPS) is 11.5. The molecule has 0 amide bonds. The number of ether oxygens (including phenoxy) is 2. The first-order valence-corrected chi connectivity index (χ1v) is 7.16. The molecule has 0 aliphatic heterocycles. The summed E-state index contributed by atoms with van der Waals surface area (Å²) < 4.78 is 10.2. The maximum absolute atomic E-state index is 11.9. The zero-order chi connectivity index (χ0) is 14.9. The van der Waals surface area contributed by atoms with Crippen molar-refractivity contribution >= 4 is 11.9 Å². The molecule has 0 fully saturated rings. The largest absolute Gasteiger partial charge is 0.465 e. The fraction of sp³-hybridized carbons (Fsp3) is 0.867. The first kappa shape index (κ1) is 17.9. The van der Waals surface area contributed by atoms with Gasteiger partial charge in [-0.25, -0.2) is 0 Å². The van der Waals surface area contributed by atoms with Crippen LogP contribution in [0.1, 0.15) is 60.3 Å². The van der Waals surface area contributed by atoms with Crippen molar-refractivity contribution < 1.29 is 19.1 Å². The molecule has 0 saturated heterocycles. The molecule has 0 rings (SSSR count). The van der Waals surface area contributed by atoms with Crippen molar-refractivity contribution in [2.75, 3.05) is 13.2 Å². The van der Waals surface area contributed by atoms with Crippen LogP contribution in [0.4, 0.5) is 0 Å². The molecule has 0 spiro atoms. The Morgan fingerprint density at radius 3 is 1.89 bits per heavy atom. The third kappa shape index (κ3) is 7.19. The van der Waals surface area contributed by atoms with Gasteiger partial charge in [0, 0.05) is 0 Å². The summed E-state index contributed by atoms with van der Waals surface area (Å²) in [7, 11) is 0. The van der Waals surface area contributed by atoms with Gasteiger partial charge in [-0.05, 0) is 39.0 Å². The maximum atomic E-state index is 11.9. The lowest BCUT2D eigenvalue weighted by atomic mass is 9.94.